The molecule has 0 fully saturated rings. The fourth-order valence-electron chi connectivity index (χ4n) is 4.77. The number of fused-ring (bicyclic) bond motifs is 2. The Bertz CT molecular complexity index is 985. The number of amides is 1. The lowest BCUT2D eigenvalue weighted by Crippen LogP contribution is -2.44. The predicted molar refractivity (Wildman–Crippen MR) is 107 cm³/mol. The Hall–Kier alpha value is -2.95. The summed E-state index contributed by atoms with van der Waals surface area (Å²) in [6.45, 7) is 3.27. The van der Waals surface area contributed by atoms with Crippen LogP contribution in [-0.2, 0) is 30.6 Å². The van der Waals surface area contributed by atoms with Gasteiger partial charge in [-0.2, -0.15) is 0 Å². The van der Waals surface area contributed by atoms with E-state index in [0.29, 0.717) is 13.1 Å². The van der Waals surface area contributed by atoms with Crippen LogP contribution in [0.5, 0.6) is 0 Å². The molecule has 5 rings (SSSR count). The molecule has 3 aromatic rings. The van der Waals surface area contributed by atoms with Crippen molar-refractivity contribution in [2.75, 3.05) is 6.54 Å². The highest BCUT2D eigenvalue weighted by molar-refractivity contribution is 5.80. The monoisotopic (exact) mass is 372 g/mol. The predicted octanol–water partition coefficient (Wildman–Crippen LogP) is 3.13. The van der Waals surface area contributed by atoms with Crippen LogP contribution in [-0.4, -0.2) is 32.1 Å². The first kappa shape index (κ1) is 17.2. The highest BCUT2D eigenvalue weighted by Gasteiger charge is 2.35. The summed E-state index contributed by atoms with van der Waals surface area (Å²) in [6.07, 6.45) is 2.57. The van der Waals surface area contributed by atoms with Gasteiger partial charge >= 0.3 is 0 Å². The van der Waals surface area contributed by atoms with Crippen molar-refractivity contribution in [2.24, 2.45) is 5.92 Å². The van der Waals surface area contributed by atoms with E-state index in [1.54, 1.807) is 0 Å². The molecule has 5 heteroatoms. The third-order valence-corrected chi connectivity index (χ3v) is 6.09. The fourth-order valence-corrected chi connectivity index (χ4v) is 4.77. The fraction of sp³-hybridized carbons (Fsp3) is 0.348. The Morgan fingerprint density at radius 3 is 2.39 bits per heavy atom. The minimum atomic E-state index is 0.0466. The van der Waals surface area contributed by atoms with Crippen LogP contribution in [0.15, 0.2) is 54.6 Å². The number of aryl methyl sites for hydroxylation is 1. The maximum Gasteiger partial charge on any atom is 0.226 e. The maximum absolute atomic E-state index is 13.4. The summed E-state index contributed by atoms with van der Waals surface area (Å²) in [5.41, 5.74) is 3.91. The van der Waals surface area contributed by atoms with Gasteiger partial charge in [0.05, 0.1) is 12.6 Å². The van der Waals surface area contributed by atoms with Gasteiger partial charge in [0, 0.05) is 12.5 Å². The Morgan fingerprint density at radius 1 is 1.00 bits per heavy atom. The minimum Gasteiger partial charge on any atom is -0.333 e. The molecule has 1 aromatic heterocycles. The van der Waals surface area contributed by atoms with E-state index in [2.05, 4.69) is 63.3 Å². The van der Waals surface area contributed by atoms with E-state index in [0.717, 1.165) is 30.9 Å². The first-order valence-electron chi connectivity index (χ1n) is 9.99. The quantitative estimate of drug-likeness (QED) is 0.710. The highest BCUT2D eigenvalue weighted by Crippen LogP contribution is 2.31. The first-order valence-corrected chi connectivity index (χ1v) is 9.99. The maximum atomic E-state index is 13.4. The Balaban J connectivity index is 1.39. The second kappa shape index (κ2) is 6.89. The summed E-state index contributed by atoms with van der Waals surface area (Å²) in [7, 11) is 0. The molecule has 1 aliphatic heterocycles. The smallest absolute Gasteiger partial charge is 0.226 e. The van der Waals surface area contributed by atoms with E-state index in [1.165, 1.54) is 16.7 Å². The third-order valence-electron chi connectivity index (χ3n) is 6.09. The zero-order chi connectivity index (χ0) is 19.1. The third kappa shape index (κ3) is 3.01. The Labute approximate surface area is 165 Å². The van der Waals surface area contributed by atoms with Crippen molar-refractivity contribution in [3.05, 3.63) is 82.9 Å². The van der Waals surface area contributed by atoms with Crippen molar-refractivity contribution in [1.82, 2.24) is 19.7 Å². The van der Waals surface area contributed by atoms with Crippen molar-refractivity contribution >= 4 is 5.91 Å². The molecule has 1 aliphatic carbocycles. The SMILES string of the molecule is Cc1nnc2n1[C@H](Cc1ccccc1)CN(C(=O)C1Cc3ccccc3C1)C2. The van der Waals surface area contributed by atoms with Gasteiger partial charge in [-0.05, 0) is 42.9 Å². The molecule has 2 aromatic carbocycles. The van der Waals surface area contributed by atoms with Crippen LogP contribution in [0.1, 0.15) is 34.4 Å². The molecule has 0 unspecified atom stereocenters. The molecule has 0 radical (unpaired) electrons. The summed E-state index contributed by atoms with van der Waals surface area (Å²) >= 11 is 0. The molecule has 1 atom stereocenters. The number of nitrogens with zero attached hydrogens (tertiary/aromatic N) is 4. The van der Waals surface area contributed by atoms with Crippen molar-refractivity contribution in [3.8, 4) is 0 Å². The average Bonchev–Trinajstić information content (AvgIpc) is 3.32. The topological polar surface area (TPSA) is 51.0 Å². The van der Waals surface area contributed by atoms with Crippen LogP contribution < -0.4 is 0 Å². The van der Waals surface area contributed by atoms with Gasteiger partial charge in [0.15, 0.2) is 5.82 Å². The number of aromatic nitrogens is 3. The largest absolute Gasteiger partial charge is 0.333 e. The molecule has 142 valence electrons. The molecular formula is C23H24N4O. The summed E-state index contributed by atoms with van der Waals surface area (Å²) in [4.78, 5) is 15.4. The van der Waals surface area contributed by atoms with Gasteiger partial charge in [-0.15, -0.1) is 10.2 Å². The second-order valence-electron chi connectivity index (χ2n) is 7.97. The van der Waals surface area contributed by atoms with Gasteiger partial charge in [0.1, 0.15) is 5.82 Å². The molecule has 0 saturated carbocycles. The average molecular weight is 372 g/mol. The van der Waals surface area contributed by atoms with Crippen LogP contribution in [0.4, 0.5) is 0 Å². The van der Waals surface area contributed by atoms with E-state index < -0.39 is 0 Å². The van der Waals surface area contributed by atoms with E-state index in [4.69, 9.17) is 0 Å². The van der Waals surface area contributed by atoms with Crippen molar-refractivity contribution in [3.63, 3.8) is 0 Å². The Morgan fingerprint density at radius 2 is 1.68 bits per heavy atom. The van der Waals surface area contributed by atoms with E-state index in [9.17, 15) is 4.79 Å². The molecule has 1 amide bonds. The van der Waals surface area contributed by atoms with Gasteiger partial charge in [-0.3, -0.25) is 4.79 Å². The van der Waals surface area contributed by atoms with Crippen LogP contribution in [0.3, 0.4) is 0 Å². The highest BCUT2D eigenvalue weighted by atomic mass is 16.2. The molecular weight excluding hydrogens is 348 g/mol. The lowest BCUT2D eigenvalue weighted by atomic mass is 10.0. The van der Waals surface area contributed by atoms with Crippen molar-refractivity contribution < 1.29 is 4.79 Å². The summed E-state index contributed by atoms with van der Waals surface area (Å²) in [6, 6.07) is 19.1. The normalized spacial score (nSPS) is 18.8. The van der Waals surface area contributed by atoms with Gasteiger partial charge in [-0.25, -0.2) is 0 Å². The van der Waals surface area contributed by atoms with Crippen molar-refractivity contribution in [2.45, 2.75) is 38.8 Å². The molecule has 2 heterocycles. The number of carbonyl (C=O) groups excluding carboxylic acids is 1. The molecule has 5 nitrogen and oxygen atoms in total. The van der Waals surface area contributed by atoms with Gasteiger partial charge in [0.2, 0.25) is 5.91 Å². The van der Waals surface area contributed by atoms with E-state index in [1.807, 2.05) is 17.9 Å². The number of rotatable bonds is 3. The zero-order valence-corrected chi connectivity index (χ0v) is 16.1. The number of hydrogen-bond donors (Lipinski definition) is 0. The van der Waals surface area contributed by atoms with Crippen LogP contribution in [0.2, 0.25) is 0 Å². The lowest BCUT2D eigenvalue weighted by molar-refractivity contribution is -0.137. The van der Waals surface area contributed by atoms with E-state index in [-0.39, 0.29) is 17.9 Å². The van der Waals surface area contributed by atoms with Gasteiger partial charge in [0.25, 0.3) is 0 Å². The number of benzene rings is 2. The minimum absolute atomic E-state index is 0.0466. The molecule has 0 spiro atoms. The number of carbonyl (C=O) groups is 1. The number of hydrogen-bond acceptors (Lipinski definition) is 3. The van der Waals surface area contributed by atoms with E-state index >= 15 is 0 Å². The standard InChI is InChI=1S/C23H24N4O/c1-16-24-25-22-15-26(14-21(27(16)22)11-17-7-3-2-4-8-17)23(28)20-12-18-9-5-6-10-19(18)13-20/h2-10,20-21H,11-15H2,1H3/t21-/m1/s1. The summed E-state index contributed by atoms with van der Waals surface area (Å²) in [5, 5.41) is 8.65. The zero-order valence-electron chi connectivity index (χ0n) is 16.1. The lowest BCUT2D eigenvalue weighted by Gasteiger charge is -2.35. The van der Waals surface area contributed by atoms with Crippen LogP contribution in [0.25, 0.3) is 0 Å². The summed E-state index contributed by atoms with van der Waals surface area (Å²) in [5.74, 6) is 2.12. The second-order valence-corrected chi connectivity index (χ2v) is 7.97. The Kier molecular flexibility index (Phi) is 4.23. The van der Waals surface area contributed by atoms with Crippen LogP contribution in [0, 0.1) is 12.8 Å². The first-order chi connectivity index (χ1) is 13.7. The van der Waals surface area contributed by atoms with Crippen LogP contribution >= 0.6 is 0 Å². The van der Waals surface area contributed by atoms with Gasteiger partial charge in [-0.1, -0.05) is 54.6 Å². The van der Waals surface area contributed by atoms with Gasteiger partial charge < -0.3 is 9.47 Å². The van der Waals surface area contributed by atoms with Crippen molar-refractivity contribution in [1.29, 1.82) is 0 Å². The molecule has 0 bridgehead atoms. The molecule has 0 N–H and O–H groups in total. The molecule has 0 saturated heterocycles. The summed E-state index contributed by atoms with van der Waals surface area (Å²) < 4.78 is 2.22. The molecule has 28 heavy (non-hydrogen) atoms. The molecule has 2 aliphatic rings.